The van der Waals surface area contributed by atoms with E-state index in [-0.39, 0.29) is 18.9 Å². The van der Waals surface area contributed by atoms with Crippen molar-refractivity contribution in [2.24, 2.45) is 0 Å². The summed E-state index contributed by atoms with van der Waals surface area (Å²) < 4.78 is 13.7. The zero-order valence-corrected chi connectivity index (χ0v) is 13.1. The number of benzene rings is 1. The van der Waals surface area contributed by atoms with Gasteiger partial charge in [0, 0.05) is 17.1 Å². The average molecular weight is 331 g/mol. The lowest BCUT2D eigenvalue weighted by Gasteiger charge is -2.14. The number of hydrogen-bond acceptors (Lipinski definition) is 3. The van der Waals surface area contributed by atoms with Crippen LogP contribution in [0.4, 0.5) is 9.18 Å². The Morgan fingerprint density at radius 1 is 1.43 bits per heavy atom. The van der Waals surface area contributed by atoms with Crippen molar-refractivity contribution in [2.45, 2.75) is 18.9 Å². The summed E-state index contributed by atoms with van der Waals surface area (Å²) in [5.74, 6) is 0.124. The van der Waals surface area contributed by atoms with Crippen LogP contribution in [0.25, 0.3) is 0 Å². The number of nitrogens with one attached hydrogen (secondary N) is 1. The van der Waals surface area contributed by atoms with E-state index in [0.717, 1.165) is 10.7 Å². The second-order valence-corrected chi connectivity index (χ2v) is 6.12. The zero-order valence-electron chi connectivity index (χ0n) is 11.6. The summed E-state index contributed by atoms with van der Waals surface area (Å²) in [5.41, 5.74) is 0.326. The van der Waals surface area contributed by atoms with E-state index in [9.17, 15) is 14.0 Å². The van der Waals surface area contributed by atoms with Gasteiger partial charge >= 0.3 is 6.03 Å². The van der Waals surface area contributed by atoms with Crippen molar-refractivity contribution in [3.63, 3.8) is 0 Å². The third kappa shape index (κ3) is 3.68. The van der Waals surface area contributed by atoms with Gasteiger partial charge in [0.1, 0.15) is 11.9 Å². The van der Waals surface area contributed by atoms with Gasteiger partial charge in [-0.3, -0.25) is 9.69 Å². The van der Waals surface area contributed by atoms with Gasteiger partial charge in [0.15, 0.2) is 0 Å². The summed E-state index contributed by atoms with van der Waals surface area (Å²) >= 11 is 7.56. The van der Waals surface area contributed by atoms with Crippen molar-refractivity contribution >= 4 is 35.3 Å². The molecule has 0 radical (unpaired) electrons. The highest BCUT2D eigenvalue weighted by Gasteiger charge is 2.37. The fourth-order valence-electron chi connectivity index (χ4n) is 2.21. The Morgan fingerprint density at radius 3 is 2.86 bits per heavy atom. The first-order valence-electron chi connectivity index (χ1n) is 6.58. The molecule has 114 valence electrons. The Morgan fingerprint density at radius 2 is 2.19 bits per heavy atom. The molecule has 2 rings (SSSR count). The first-order valence-corrected chi connectivity index (χ1v) is 8.35. The zero-order chi connectivity index (χ0) is 15.4. The molecule has 1 aliphatic rings. The molecule has 0 bridgehead atoms. The number of carbonyl (C=O) groups excluding carboxylic acids is 2. The van der Waals surface area contributed by atoms with E-state index in [1.54, 1.807) is 17.8 Å². The molecule has 1 saturated heterocycles. The van der Waals surface area contributed by atoms with Gasteiger partial charge in [-0.1, -0.05) is 17.7 Å². The normalized spacial score (nSPS) is 18.2. The molecule has 4 nitrogen and oxygen atoms in total. The van der Waals surface area contributed by atoms with Gasteiger partial charge in [-0.05, 0) is 37.0 Å². The molecule has 0 saturated carbocycles. The predicted octanol–water partition coefficient (Wildman–Crippen LogP) is 2.70. The Balaban J connectivity index is 2.00. The standard InChI is InChI=1S/C14H16ClFN2O2S/c1-21-8-6-12-13(19)18(14(20)17-12)7-5-9-10(15)3-2-4-11(9)16/h2-4,12H,5-8H2,1H3,(H,17,20)/t12-/m1/s1. The molecule has 0 aliphatic carbocycles. The third-order valence-corrected chi connectivity index (χ3v) is 4.36. The molecule has 1 fully saturated rings. The van der Waals surface area contributed by atoms with Crippen molar-refractivity contribution in [3.8, 4) is 0 Å². The number of thioether (sulfide) groups is 1. The molecule has 1 aliphatic heterocycles. The molecule has 0 spiro atoms. The number of rotatable bonds is 6. The monoisotopic (exact) mass is 330 g/mol. The number of urea groups is 1. The van der Waals surface area contributed by atoms with Gasteiger partial charge in [-0.15, -0.1) is 0 Å². The van der Waals surface area contributed by atoms with Crippen LogP contribution >= 0.6 is 23.4 Å². The fraction of sp³-hybridized carbons (Fsp3) is 0.429. The van der Waals surface area contributed by atoms with Gasteiger partial charge in [-0.25, -0.2) is 9.18 Å². The maximum Gasteiger partial charge on any atom is 0.324 e. The van der Waals surface area contributed by atoms with Crippen LogP contribution in [0.5, 0.6) is 0 Å². The number of nitrogens with zero attached hydrogens (tertiary/aromatic N) is 1. The van der Waals surface area contributed by atoms with E-state index in [1.165, 1.54) is 12.1 Å². The van der Waals surface area contributed by atoms with Crippen LogP contribution in [0.2, 0.25) is 5.02 Å². The Bertz CT molecular complexity index is 536. The first kappa shape index (κ1) is 16.1. The smallest absolute Gasteiger partial charge is 0.324 e. The molecular formula is C14H16ClFN2O2S. The minimum Gasteiger partial charge on any atom is -0.326 e. The molecule has 0 aromatic heterocycles. The minimum absolute atomic E-state index is 0.126. The Kier molecular flexibility index (Phi) is 5.47. The van der Waals surface area contributed by atoms with E-state index >= 15 is 0 Å². The topological polar surface area (TPSA) is 49.4 Å². The number of imide groups is 1. The molecule has 1 atom stereocenters. The van der Waals surface area contributed by atoms with Crippen molar-refractivity contribution in [2.75, 3.05) is 18.6 Å². The molecular weight excluding hydrogens is 315 g/mol. The fourth-order valence-corrected chi connectivity index (χ4v) is 2.94. The molecule has 21 heavy (non-hydrogen) atoms. The lowest BCUT2D eigenvalue weighted by Crippen LogP contribution is -2.33. The molecule has 3 amide bonds. The Labute approximate surface area is 132 Å². The second kappa shape index (κ2) is 7.13. The van der Waals surface area contributed by atoms with Crippen LogP contribution in [0.3, 0.4) is 0 Å². The number of amides is 3. The molecule has 0 unspecified atom stereocenters. The second-order valence-electron chi connectivity index (χ2n) is 4.72. The largest absolute Gasteiger partial charge is 0.326 e. The van der Waals surface area contributed by atoms with Gasteiger partial charge in [0.25, 0.3) is 5.91 Å². The molecule has 1 N–H and O–H groups in total. The summed E-state index contributed by atoms with van der Waals surface area (Å²) in [4.78, 5) is 25.1. The van der Waals surface area contributed by atoms with Crippen molar-refractivity contribution < 1.29 is 14.0 Å². The number of halogens is 2. The SMILES string of the molecule is CSCC[C@H]1NC(=O)N(CCc2c(F)cccc2Cl)C1=O. The molecule has 7 heteroatoms. The molecule has 1 aromatic rings. The van der Waals surface area contributed by atoms with Crippen LogP contribution in [-0.4, -0.2) is 41.4 Å². The van der Waals surface area contributed by atoms with E-state index in [0.29, 0.717) is 17.0 Å². The number of carbonyl (C=O) groups is 2. The van der Waals surface area contributed by atoms with Crippen LogP contribution in [0, 0.1) is 5.82 Å². The predicted molar refractivity (Wildman–Crippen MR) is 82.1 cm³/mol. The summed E-state index contributed by atoms with van der Waals surface area (Å²) in [7, 11) is 0. The highest BCUT2D eigenvalue weighted by Crippen LogP contribution is 2.20. The Hall–Kier alpha value is -1.27. The molecule has 1 heterocycles. The van der Waals surface area contributed by atoms with Gasteiger partial charge in [-0.2, -0.15) is 11.8 Å². The van der Waals surface area contributed by atoms with Gasteiger partial charge in [0.2, 0.25) is 0 Å². The highest BCUT2D eigenvalue weighted by molar-refractivity contribution is 7.98. The lowest BCUT2D eigenvalue weighted by atomic mass is 10.1. The quantitative estimate of drug-likeness (QED) is 0.816. The minimum atomic E-state index is -0.471. The van der Waals surface area contributed by atoms with E-state index in [2.05, 4.69) is 5.32 Å². The maximum atomic E-state index is 13.7. The molecule has 1 aromatic carbocycles. The summed E-state index contributed by atoms with van der Waals surface area (Å²) in [6.07, 6.45) is 2.75. The maximum absolute atomic E-state index is 13.7. The van der Waals surface area contributed by atoms with Crippen molar-refractivity contribution in [1.82, 2.24) is 10.2 Å². The van der Waals surface area contributed by atoms with Crippen LogP contribution in [-0.2, 0) is 11.2 Å². The first-order chi connectivity index (χ1) is 10.0. The van der Waals surface area contributed by atoms with Gasteiger partial charge in [0.05, 0.1) is 0 Å². The summed E-state index contributed by atoms with van der Waals surface area (Å²) in [6.45, 7) is 0.126. The van der Waals surface area contributed by atoms with Crippen LogP contribution < -0.4 is 5.32 Å². The van der Waals surface area contributed by atoms with E-state index < -0.39 is 17.9 Å². The summed E-state index contributed by atoms with van der Waals surface area (Å²) in [6, 6.07) is 3.54. The van der Waals surface area contributed by atoms with Crippen LogP contribution in [0.1, 0.15) is 12.0 Å². The van der Waals surface area contributed by atoms with E-state index in [1.807, 2.05) is 6.26 Å². The van der Waals surface area contributed by atoms with Crippen LogP contribution in [0.15, 0.2) is 18.2 Å². The van der Waals surface area contributed by atoms with Gasteiger partial charge < -0.3 is 5.32 Å². The van der Waals surface area contributed by atoms with Crippen molar-refractivity contribution in [1.29, 1.82) is 0 Å². The van der Waals surface area contributed by atoms with E-state index in [4.69, 9.17) is 11.6 Å². The lowest BCUT2D eigenvalue weighted by molar-refractivity contribution is -0.127. The van der Waals surface area contributed by atoms with Crippen molar-refractivity contribution in [3.05, 3.63) is 34.6 Å². The number of hydrogen-bond donors (Lipinski definition) is 1. The average Bonchev–Trinajstić information content (AvgIpc) is 2.71. The third-order valence-electron chi connectivity index (χ3n) is 3.36. The summed E-state index contributed by atoms with van der Waals surface area (Å²) in [5, 5.41) is 2.96. The highest BCUT2D eigenvalue weighted by atomic mass is 35.5.